The van der Waals surface area contributed by atoms with E-state index in [1.54, 1.807) is 11.1 Å². The average molecular weight is 333 g/mol. The molecule has 2 fully saturated rings. The van der Waals surface area contributed by atoms with Crippen molar-refractivity contribution in [2.75, 3.05) is 25.1 Å². The molecule has 6 heteroatoms. The van der Waals surface area contributed by atoms with Crippen molar-refractivity contribution in [3.05, 3.63) is 30.1 Å². The molecule has 1 aromatic heterocycles. The van der Waals surface area contributed by atoms with Crippen LogP contribution in [0.2, 0.25) is 0 Å². The number of carbonyl (C=O) groups is 2. The van der Waals surface area contributed by atoms with Crippen molar-refractivity contribution in [1.82, 2.24) is 14.8 Å². The Morgan fingerprint density at radius 3 is 2.87 bits per heavy atom. The molecule has 5 nitrogen and oxygen atoms in total. The number of nitrogens with zero attached hydrogens (tertiary/aromatic N) is 3. The van der Waals surface area contributed by atoms with Gasteiger partial charge in [0.2, 0.25) is 11.8 Å². The molecule has 124 valence electrons. The van der Waals surface area contributed by atoms with Gasteiger partial charge in [-0.2, -0.15) is 11.8 Å². The van der Waals surface area contributed by atoms with Crippen LogP contribution in [0.1, 0.15) is 25.0 Å². The van der Waals surface area contributed by atoms with Gasteiger partial charge in [0.05, 0.1) is 18.2 Å². The second kappa shape index (κ2) is 7.34. The van der Waals surface area contributed by atoms with E-state index in [9.17, 15) is 9.59 Å². The summed E-state index contributed by atoms with van der Waals surface area (Å²) in [6, 6.07) is 6.02. The molecule has 0 unspecified atom stereocenters. The summed E-state index contributed by atoms with van der Waals surface area (Å²) in [4.78, 5) is 32.8. The number of pyridine rings is 1. The summed E-state index contributed by atoms with van der Waals surface area (Å²) in [7, 11) is 1.90. The molecule has 0 aromatic carbocycles. The van der Waals surface area contributed by atoms with Crippen LogP contribution >= 0.6 is 11.8 Å². The smallest absolute Gasteiger partial charge is 0.227 e. The number of thioether (sulfide) groups is 1. The highest BCUT2D eigenvalue weighted by Gasteiger charge is 2.37. The third kappa shape index (κ3) is 3.86. The largest absolute Gasteiger partial charge is 0.342 e. The lowest BCUT2D eigenvalue weighted by atomic mass is 10.0. The van der Waals surface area contributed by atoms with E-state index in [4.69, 9.17) is 0 Å². The second-order valence-corrected chi connectivity index (χ2v) is 7.51. The van der Waals surface area contributed by atoms with Crippen LogP contribution in [-0.2, 0) is 16.1 Å². The van der Waals surface area contributed by atoms with E-state index in [2.05, 4.69) is 4.98 Å². The molecule has 0 saturated carbocycles. The molecule has 3 rings (SSSR count). The summed E-state index contributed by atoms with van der Waals surface area (Å²) < 4.78 is 0. The summed E-state index contributed by atoms with van der Waals surface area (Å²) in [5.41, 5.74) is 0.867. The van der Waals surface area contributed by atoms with Gasteiger partial charge in [0.25, 0.3) is 0 Å². The van der Waals surface area contributed by atoms with Gasteiger partial charge >= 0.3 is 0 Å². The first-order valence-electron chi connectivity index (χ1n) is 8.17. The second-order valence-electron chi connectivity index (χ2n) is 6.29. The molecule has 3 heterocycles. The van der Waals surface area contributed by atoms with Gasteiger partial charge in [-0.25, -0.2) is 0 Å². The number of rotatable bonds is 4. The van der Waals surface area contributed by atoms with E-state index in [1.165, 1.54) is 0 Å². The van der Waals surface area contributed by atoms with E-state index in [-0.39, 0.29) is 17.7 Å². The van der Waals surface area contributed by atoms with Crippen LogP contribution in [0.5, 0.6) is 0 Å². The first-order chi connectivity index (χ1) is 11.1. The van der Waals surface area contributed by atoms with Crippen LogP contribution in [0.3, 0.4) is 0 Å². The van der Waals surface area contributed by atoms with Gasteiger partial charge in [0.15, 0.2) is 0 Å². The molecule has 1 aromatic rings. The number of likely N-dealkylation sites (tertiary alicyclic amines) is 1. The van der Waals surface area contributed by atoms with Gasteiger partial charge in [-0.05, 0) is 36.5 Å². The summed E-state index contributed by atoms with van der Waals surface area (Å²) in [5.74, 6) is 2.22. The van der Waals surface area contributed by atoms with Gasteiger partial charge < -0.3 is 9.80 Å². The van der Waals surface area contributed by atoms with E-state index in [1.807, 2.05) is 41.9 Å². The molecular formula is C17H23N3O2S. The molecular weight excluding hydrogens is 310 g/mol. The number of hydrogen-bond acceptors (Lipinski definition) is 4. The predicted octanol–water partition coefficient (Wildman–Crippen LogP) is 1.78. The maximum absolute atomic E-state index is 12.7. The minimum Gasteiger partial charge on any atom is -0.342 e. The fourth-order valence-corrected chi connectivity index (χ4v) is 4.40. The Bertz CT molecular complexity index is 560. The van der Waals surface area contributed by atoms with Crippen LogP contribution < -0.4 is 0 Å². The number of amides is 2. The molecule has 2 aliphatic heterocycles. The van der Waals surface area contributed by atoms with Crippen molar-refractivity contribution in [3.63, 3.8) is 0 Å². The molecule has 2 aliphatic rings. The lowest BCUT2D eigenvalue weighted by molar-refractivity contribution is -0.136. The van der Waals surface area contributed by atoms with Crippen molar-refractivity contribution in [1.29, 1.82) is 0 Å². The highest BCUT2D eigenvalue weighted by Crippen LogP contribution is 2.26. The number of hydrogen-bond donors (Lipinski definition) is 0. The van der Waals surface area contributed by atoms with Crippen LogP contribution in [0, 0.1) is 5.92 Å². The van der Waals surface area contributed by atoms with Crippen molar-refractivity contribution >= 4 is 23.6 Å². The summed E-state index contributed by atoms with van der Waals surface area (Å²) >= 11 is 1.95. The normalized spacial score (nSPS) is 22.4. The quantitative estimate of drug-likeness (QED) is 0.843. The molecule has 2 saturated heterocycles. The summed E-state index contributed by atoms with van der Waals surface area (Å²) in [6.45, 7) is 1.01. The van der Waals surface area contributed by atoms with Gasteiger partial charge in [0.1, 0.15) is 0 Å². The van der Waals surface area contributed by atoms with E-state index < -0.39 is 0 Å². The molecule has 0 N–H and O–H groups in total. The Kier molecular flexibility index (Phi) is 5.20. The Hall–Kier alpha value is -1.56. The van der Waals surface area contributed by atoms with Crippen molar-refractivity contribution in [2.45, 2.75) is 31.8 Å². The minimum absolute atomic E-state index is 0.0570. The van der Waals surface area contributed by atoms with E-state index >= 15 is 0 Å². The SMILES string of the molecule is CN(C(=O)[C@@H]1CC(=O)N(Cc2ccccn2)C1)C1CCSCC1. The third-order valence-corrected chi connectivity index (χ3v) is 5.78. The number of aromatic nitrogens is 1. The molecule has 0 radical (unpaired) electrons. The summed E-state index contributed by atoms with van der Waals surface area (Å²) in [6.07, 6.45) is 4.18. The molecule has 0 bridgehead atoms. The fraction of sp³-hybridized carbons (Fsp3) is 0.588. The average Bonchev–Trinajstić information content (AvgIpc) is 2.96. The Morgan fingerprint density at radius 2 is 2.17 bits per heavy atom. The Balaban J connectivity index is 1.59. The monoisotopic (exact) mass is 333 g/mol. The zero-order chi connectivity index (χ0) is 16.2. The van der Waals surface area contributed by atoms with Crippen LogP contribution in [0.15, 0.2) is 24.4 Å². The molecule has 0 aliphatic carbocycles. The maximum Gasteiger partial charge on any atom is 0.227 e. The van der Waals surface area contributed by atoms with E-state index in [0.29, 0.717) is 25.6 Å². The lowest BCUT2D eigenvalue weighted by Crippen LogP contribution is -2.43. The molecule has 23 heavy (non-hydrogen) atoms. The minimum atomic E-state index is -0.203. The molecule has 2 amide bonds. The van der Waals surface area contributed by atoms with Crippen LogP contribution in [-0.4, -0.2) is 57.7 Å². The van der Waals surface area contributed by atoms with Crippen molar-refractivity contribution in [3.8, 4) is 0 Å². The third-order valence-electron chi connectivity index (χ3n) is 4.73. The number of carbonyl (C=O) groups excluding carboxylic acids is 2. The zero-order valence-electron chi connectivity index (χ0n) is 13.5. The summed E-state index contributed by atoms with van der Waals surface area (Å²) in [5, 5.41) is 0. The highest BCUT2D eigenvalue weighted by molar-refractivity contribution is 7.99. The van der Waals surface area contributed by atoms with Crippen LogP contribution in [0.25, 0.3) is 0 Å². The van der Waals surface area contributed by atoms with Crippen molar-refractivity contribution in [2.24, 2.45) is 5.92 Å². The van der Waals surface area contributed by atoms with Gasteiger partial charge in [-0.1, -0.05) is 6.07 Å². The zero-order valence-corrected chi connectivity index (χ0v) is 14.3. The topological polar surface area (TPSA) is 53.5 Å². The molecule has 0 spiro atoms. The van der Waals surface area contributed by atoms with Crippen LogP contribution in [0.4, 0.5) is 0 Å². The van der Waals surface area contributed by atoms with Gasteiger partial charge in [-0.15, -0.1) is 0 Å². The van der Waals surface area contributed by atoms with Gasteiger partial charge in [0, 0.05) is 32.3 Å². The predicted molar refractivity (Wildman–Crippen MR) is 90.9 cm³/mol. The first kappa shape index (κ1) is 16.3. The standard InChI is InChI=1S/C17H23N3O2S/c1-19(15-5-8-23-9-6-15)17(22)13-10-16(21)20(11-13)12-14-4-2-3-7-18-14/h2-4,7,13,15H,5-6,8-12H2,1H3/t13-/m1/s1. The fourth-order valence-electron chi connectivity index (χ4n) is 3.32. The maximum atomic E-state index is 12.7. The first-order valence-corrected chi connectivity index (χ1v) is 9.32. The molecule has 1 atom stereocenters. The van der Waals surface area contributed by atoms with Crippen molar-refractivity contribution < 1.29 is 9.59 Å². The van der Waals surface area contributed by atoms with E-state index in [0.717, 1.165) is 30.0 Å². The Labute approximate surface area is 141 Å². The van der Waals surface area contributed by atoms with Gasteiger partial charge in [-0.3, -0.25) is 14.6 Å². The highest BCUT2D eigenvalue weighted by atomic mass is 32.2. The lowest BCUT2D eigenvalue weighted by Gasteiger charge is -2.32. The Morgan fingerprint density at radius 1 is 1.39 bits per heavy atom.